The van der Waals surface area contributed by atoms with Crippen LogP contribution in [0.2, 0.25) is 5.02 Å². The van der Waals surface area contributed by atoms with Crippen LogP contribution in [0.4, 0.5) is 0 Å². The third-order valence-electron chi connectivity index (χ3n) is 3.84. The fourth-order valence-electron chi connectivity index (χ4n) is 2.49. The molecule has 0 aliphatic rings. The van der Waals surface area contributed by atoms with E-state index in [-0.39, 0.29) is 11.5 Å². The van der Waals surface area contributed by atoms with Crippen LogP contribution in [-0.2, 0) is 4.74 Å². The molecule has 0 amide bonds. The zero-order valence-corrected chi connectivity index (χ0v) is 14.4. The predicted molar refractivity (Wildman–Crippen MR) is 93.6 cm³/mol. The summed E-state index contributed by atoms with van der Waals surface area (Å²) in [5.74, 6) is -0.483. The minimum Gasteiger partial charge on any atom is -0.495 e. The number of esters is 1. The summed E-state index contributed by atoms with van der Waals surface area (Å²) < 4.78 is 15.7. The third-order valence-corrected chi connectivity index (χ3v) is 4.13. The molecule has 1 aromatic heterocycles. The molecule has 0 aliphatic heterocycles. The normalized spacial score (nSPS) is 10.7. The van der Waals surface area contributed by atoms with Crippen LogP contribution < -0.4 is 4.74 Å². The molecule has 0 atom stereocenters. The summed E-state index contributed by atoms with van der Waals surface area (Å²) in [5, 5.41) is 1.15. The Bertz CT molecular complexity index is 958. The number of ketones is 1. The van der Waals surface area contributed by atoms with Crippen LogP contribution in [0.1, 0.15) is 26.5 Å². The van der Waals surface area contributed by atoms with Crippen molar-refractivity contribution in [3.8, 4) is 5.75 Å². The Kier molecular flexibility index (Phi) is 4.76. The Morgan fingerprint density at radius 1 is 1.16 bits per heavy atom. The Morgan fingerprint density at radius 2 is 1.92 bits per heavy atom. The standard InChI is InChI=1S/C19H15ClO5/c1-11-13-5-3-4-6-16(13)25-18(11)19(22)24-10-15(21)12-7-8-17(23-2)14(20)9-12/h3-9H,10H2,1-2H3. The number of aryl methyl sites for hydroxylation is 1. The molecular weight excluding hydrogens is 344 g/mol. The molecule has 0 aliphatic carbocycles. The van der Waals surface area contributed by atoms with Gasteiger partial charge in [-0.1, -0.05) is 29.8 Å². The van der Waals surface area contributed by atoms with Gasteiger partial charge in [0.1, 0.15) is 11.3 Å². The van der Waals surface area contributed by atoms with Crippen LogP contribution >= 0.6 is 11.6 Å². The molecule has 0 radical (unpaired) electrons. The second kappa shape index (κ2) is 6.99. The Hall–Kier alpha value is -2.79. The van der Waals surface area contributed by atoms with Gasteiger partial charge in [-0.3, -0.25) is 4.79 Å². The minimum absolute atomic E-state index is 0.0989. The number of rotatable bonds is 5. The van der Waals surface area contributed by atoms with Crippen LogP contribution in [-0.4, -0.2) is 25.5 Å². The number of carbonyl (C=O) groups is 2. The Morgan fingerprint density at radius 3 is 2.60 bits per heavy atom. The van der Waals surface area contributed by atoms with E-state index in [1.54, 1.807) is 25.1 Å². The highest BCUT2D eigenvalue weighted by molar-refractivity contribution is 6.32. The van der Waals surface area contributed by atoms with Gasteiger partial charge in [0, 0.05) is 16.5 Å². The number of carbonyl (C=O) groups excluding carboxylic acids is 2. The smallest absolute Gasteiger partial charge is 0.375 e. The van der Waals surface area contributed by atoms with E-state index in [0.29, 0.717) is 27.5 Å². The van der Waals surface area contributed by atoms with E-state index >= 15 is 0 Å². The molecule has 3 rings (SSSR count). The molecule has 0 unspecified atom stereocenters. The first-order chi connectivity index (χ1) is 12.0. The minimum atomic E-state index is -0.679. The van der Waals surface area contributed by atoms with E-state index < -0.39 is 12.6 Å². The van der Waals surface area contributed by atoms with Gasteiger partial charge in [0.25, 0.3) is 0 Å². The lowest BCUT2D eigenvalue weighted by Gasteiger charge is -2.06. The topological polar surface area (TPSA) is 65.7 Å². The van der Waals surface area contributed by atoms with Crippen LogP contribution in [0.5, 0.6) is 5.75 Å². The number of benzene rings is 2. The lowest BCUT2D eigenvalue weighted by atomic mass is 10.1. The second-order valence-electron chi connectivity index (χ2n) is 5.40. The molecule has 25 heavy (non-hydrogen) atoms. The van der Waals surface area contributed by atoms with Crippen molar-refractivity contribution in [2.45, 2.75) is 6.92 Å². The summed E-state index contributed by atoms with van der Waals surface area (Å²) in [6, 6.07) is 11.9. The first-order valence-corrected chi connectivity index (χ1v) is 7.91. The van der Waals surface area contributed by atoms with Crippen LogP contribution in [0.25, 0.3) is 11.0 Å². The first kappa shape index (κ1) is 17.0. The van der Waals surface area contributed by atoms with Gasteiger partial charge in [-0.15, -0.1) is 0 Å². The molecule has 0 saturated heterocycles. The molecule has 6 heteroatoms. The zero-order valence-electron chi connectivity index (χ0n) is 13.7. The van der Waals surface area contributed by atoms with Crippen molar-refractivity contribution >= 4 is 34.3 Å². The fourth-order valence-corrected chi connectivity index (χ4v) is 2.75. The van der Waals surface area contributed by atoms with Crippen molar-refractivity contribution in [3.05, 3.63) is 64.4 Å². The maximum Gasteiger partial charge on any atom is 0.375 e. The molecule has 3 aromatic rings. The van der Waals surface area contributed by atoms with Gasteiger partial charge in [0.15, 0.2) is 12.4 Å². The van der Waals surface area contributed by atoms with Gasteiger partial charge >= 0.3 is 5.97 Å². The summed E-state index contributed by atoms with van der Waals surface area (Å²) in [7, 11) is 1.49. The lowest BCUT2D eigenvalue weighted by Crippen LogP contribution is -2.14. The van der Waals surface area contributed by atoms with Crippen molar-refractivity contribution in [1.29, 1.82) is 0 Å². The largest absolute Gasteiger partial charge is 0.495 e. The summed E-state index contributed by atoms with van der Waals surface area (Å²) in [6.45, 7) is 1.37. The van der Waals surface area contributed by atoms with Gasteiger partial charge in [-0.05, 0) is 31.2 Å². The van der Waals surface area contributed by atoms with Crippen LogP contribution in [0.3, 0.4) is 0 Å². The number of halogens is 1. The number of methoxy groups -OCH3 is 1. The average molecular weight is 359 g/mol. The lowest BCUT2D eigenvalue weighted by molar-refractivity contribution is 0.0445. The van der Waals surface area contributed by atoms with Crippen molar-refractivity contribution in [3.63, 3.8) is 0 Å². The van der Waals surface area contributed by atoms with Crippen molar-refractivity contribution < 1.29 is 23.5 Å². The molecule has 0 fully saturated rings. The number of hydrogen-bond donors (Lipinski definition) is 0. The zero-order chi connectivity index (χ0) is 18.0. The summed E-state index contributed by atoms with van der Waals surface area (Å²) in [6.07, 6.45) is 0. The average Bonchev–Trinajstić information content (AvgIpc) is 2.96. The molecule has 5 nitrogen and oxygen atoms in total. The molecule has 128 valence electrons. The quantitative estimate of drug-likeness (QED) is 0.498. The maximum absolute atomic E-state index is 12.2. The molecule has 0 saturated carbocycles. The number of fused-ring (bicyclic) bond motifs is 1. The van der Waals surface area contributed by atoms with Crippen molar-refractivity contribution in [2.24, 2.45) is 0 Å². The van der Waals surface area contributed by atoms with Crippen molar-refractivity contribution in [2.75, 3.05) is 13.7 Å². The highest BCUT2D eigenvalue weighted by Crippen LogP contribution is 2.26. The Balaban J connectivity index is 1.72. The van der Waals surface area contributed by atoms with E-state index in [0.717, 1.165) is 5.39 Å². The molecule has 0 bridgehead atoms. The summed E-state index contributed by atoms with van der Waals surface area (Å²) in [5.41, 5.74) is 1.61. The molecule has 0 N–H and O–H groups in total. The number of furan rings is 1. The SMILES string of the molecule is COc1ccc(C(=O)COC(=O)c2oc3ccccc3c2C)cc1Cl. The van der Waals surface area contributed by atoms with E-state index in [2.05, 4.69) is 0 Å². The van der Waals surface area contributed by atoms with Crippen molar-refractivity contribution in [1.82, 2.24) is 0 Å². The third kappa shape index (κ3) is 3.37. The van der Waals surface area contributed by atoms with Gasteiger partial charge < -0.3 is 13.9 Å². The van der Waals surface area contributed by atoms with E-state index in [9.17, 15) is 9.59 Å². The van der Waals surface area contributed by atoms with E-state index in [1.807, 2.05) is 18.2 Å². The number of Topliss-reactive ketones (excluding diaryl/α,β-unsaturated/α-hetero) is 1. The number of ether oxygens (including phenoxy) is 2. The van der Waals surface area contributed by atoms with Gasteiger partial charge in [0.2, 0.25) is 5.76 Å². The molecule has 1 heterocycles. The van der Waals surface area contributed by atoms with Gasteiger partial charge in [-0.2, -0.15) is 0 Å². The highest BCUT2D eigenvalue weighted by atomic mass is 35.5. The van der Waals surface area contributed by atoms with E-state index in [4.69, 9.17) is 25.5 Å². The van der Waals surface area contributed by atoms with Gasteiger partial charge in [-0.25, -0.2) is 4.79 Å². The second-order valence-corrected chi connectivity index (χ2v) is 5.81. The summed E-state index contributed by atoms with van der Waals surface area (Å²) >= 11 is 6.00. The van der Waals surface area contributed by atoms with Crippen LogP contribution in [0, 0.1) is 6.92 Å². The van der Waals surface area contributed by atoms with Crippen LogP contribution in [0.15, 0.2) is 46.9 Å². The number of hydrogen-bond acceptors (Lipinski definition) is 5. The fraction of sp³-hybridized carbons (Fsp3) is 0.158. The molecule has 0 spiro atoms. The van der Waals surface area contributed by atoms with Gasteiger partial charge in [0.05, 0.1) is 12.1 Å². The molecular formula is C19H15ClO5. The Labute approximate surface area is 149 Å². The van der Waals surface area contributed by atoms with E-state index in [1.165, 1.54) is 13.2 Å². The highest BCUT2D eigenvalue weighted by Gasteiger charge is 2.20. The summed E-state index contributed by atoms with van der Waals surface area (Å²) in [4.78, 5) is 24.4. The molecule has 2 aromatic carbocycles. The number of para-hydroxylation sites is 1. The monoisotopic (exact) mass is 358 g/mol. The first-order valence-electron chi connectivity index (χ1n) is 7.53. The maximum atomic E-state index is 12.2. The predicted octanol–water partition coefficient (Wildman–Crippen LogP) is 4.44.